The Morgan fingerprint density at radius 1 is 0.838 bits per heavy atom. The molecule has 0 amide bonds. The summed E-state index contributed by atoms with van der Waals surface area (Å²) < 4.78 is 14.1. The molecule has 0 bridgehead atoms. The minimum atomic E-state index is -0.243. The number of ether oxygens (including phenoxy) is 2. The molecule has 2 nitrogen and oxygen atoms in total. The maximum absolute atomic E-state index is 7.17. The van der Waals surface area contributed by atoms with Crippen molar-refractivity contribution in [2.45, 2.75) is 126 Å². The van der Waals surface area contributed by atoms with Crippen LogP contribution >= 0.6 is 11.8 Å². The molecule has 0 aliphatic heterocycles. The van der Waals surface area contributed by atoms with Crippen LogP contribution in [0.4, 0.5) is 0 Å². The van der Waals surface area contributed by atoms with E-state index < -0.39 is 0 Å². The number of hydrogen-bond donors (Lipinski definition) is 0. The Hall–Kier alpha value is -1.45. The van der Waals surface area contributed by atoms with Gasteiger partial charge < -0.3 is 9.47 Å². The van der Waals surface area contributed by atoms with Crippen molar-refractivity contribution in [1.29, 1.82) is 0 Å². The van der Waals surface area contributed by atoms with Gasteiger partial charge in [0, 0.05) is 4.90 Å². The third kappa shape index (κ3) is 6.25. The van der Waals surface area contributed by atoms with Crippen LogP contribution in [0.2, 0.25) is 0 Å². The summed E-state index contributed by atoms with van der Waals surface area (Å²) in [5.74, 6) is 3.32. The number of hydrogen-bond acceptors (Lipinski definition) is 3. The fourth-order valence-corrected chi connectivity index (χ4v) is 7.81. The summed E-state index contributed by atoms with van der Waals surface area (Å²) in [6, 6.07) is 18.2. The van der Waals surface area contributed by atoms with Crippen LogP contribution in [0.25, 0.3) is 0 Å². The third-order valence-electron chi connectivity index (χ3n) is 9.97. The highest BCUT2D eigenvalue weighted by Crippen LogP contribution is 2.47. The zero-order chi connectivity index (χ0) is 25.7. The van der Waals surface area contributed by atoms with Gasteiger partial charge in [-0.1, -0.05) is 83.1 Å². The molecule has 0 radical (unpaired) electrons. The van der Waals surface area contributed by atoms with E-state index in [1.807, 2.05) is 11.8 Å². The Balaban J connectivity index is 1.44. The van der Waals surface area contributed by atoms with E-state index in [4.69, 9.17) is 9.47 Å². The van der Waals surface area contributed by atoms with Gasteiger partial charge in [-0.3, -0.25) is 0 Å². The molecule has 5 unspecified atom stereocenters. The summed E-state index contributed by atoms with van der Waals surface area (Å²) in [6.45, 7) is 4.56. The van der Waals surface area contributed by atoms with E-state index in [1.165, 1.54) is 80.2 Å². The van der Waals surface area contributed by atoms with Gasteiger partial charge in [-0.15, -0.1) is 11.8 Å². The van der Waals surface area contributed by atoms with Crippen molar-refractivity contribution in [1.82, 2.24) is 0 Å². The Kier molecular flexibility index (Phi) is 9.24. The maximum atomic E-state index is 7.17. The summed E-state index contributed by atoms with van der Waals surface area (Å²) >= 11 is 1.82. The van der Waals surface area contributed by atoms with Crippen LogP contribution < -0.4 is 4.74 Å². The largest absolute Gasteiger partial charge is 0.464 e. The highest BCUT2D eigenvalue weighted by atomic mass is 32.2. The molecule has 0 N–H and O–H groups in total. The molecule has 3 heteroatoms. The van der Waals surface area contributed by atoms with E-state index in [2.05, 4.69) is 68.6 Å². The quantitative estimate of drug-likeness (QED) is 0.242. The molecular weight excluding hydrogens is 472 g/mol. The second-order valence-corrected chi connectivity index (χ2v) is 13.0. The van der Waals surface area contributed by atoms with Crippen molar-refractivity contribution in [2.75, 3.05) is 6.26 Å². The fourth-order valence-electron chi connectivity index (χ4n) is 7.40. The van der Waals surface area contributed by atoms with Crippen molar-refractivity contribution < 1.29 is 9.47 Å². The highest BCUT2D eigenvalue weighted by Gasteiger charge is 2.46. The number of fused-ring (bicyclic) bond motifs is 1. The first-order valence-corrected chi connectivity index (χ1v) is 16.4. The second kappa shape index (κ2) is 12.6. The van der Waals surface area contributed by atoms with Gasteiger partial charge in [0.1, 0.15) is 5.75 Å². The minimum absolute atomic E-state index is 0.0893. The summed E-state index contributed by atoms with van der Waals surface area (Å²) in [5.41, 5.74) is 2.70. The SMILES string of the molecule is CCC(C)c1ccc(OC(OC2CCC3CCCCC3C2)C2(c3ccc(SC)cc3)CCCCC2)cc1. The molecule has 2 aromatic rings. The topological polar surface area (TPSA) is 18.5 Å². The van der Waals surface area contributed by atoms with Gasteiger partial charge in [0.25, 0.3) is 0 Å². The second-order valence-electron chi connectivity index (χ2n) is 12.1. The van der Waals surface area contributed by atoms with Crippen LogP contribution in [0.5, 0.6) is 5.75 Å². The lowest BCUT2D eigenvalue weighted by Crippen LogP contribution is -2.49. The molecule has 2 aromatic carbocycles. The average Bonchev–Trinajstić information content (AvgIpc) is 2.97. The Bertz CT molecular complexity index is 962. The van der Waals surface area contributed by atoms with E-state index >= 15 is 0 Å². The van der Waals surface area contributed by atoms with Gasteiger partial charge in [0.15, 0.2) is 0 Å². The molecule has 3 aliphatic rings. The minimum Gasteiger partial charge on any atom is -0.464 e. The molecule has 3 aliphatic carbocycles. The summed E-state index contributed by atoms with van der Waals surface area (Å²) in [4.78, 5) is 1.32. The molecule has 202 valence electrons. The predicted molar refractivity (Wildman–Crippen MR) is 157 cm³/mol. The molecule has 0 aromatic heterocycles. The van der Waals surface area contributed by atoms with E-state index in [0.29, 0.717) is 12.0 Å². The fraction of sp³-hybridized carbons (Fsp3) is 0.647. The van der Waals surface area contributed by atoms with Crippen molar-refractivity contribution in [3.05, 3.63) is 59.7 Å². The number of thioether (sulfide) groups is 1. The lowest BCUT2D eigenvalue weighted by Gasteiger charge is -2.46. The van der Waals surface area contributed by atoms with Crippen LogP contribution in [0.3, 0.4) is 0 Å². The maximum Gasteiger partial charge on any atom is 0.209 e. The van der Waals surface area contributed by atoms with E-state index in [1.54, 1.807) is 0 Å². The normalized spacial score (nSPS) is 27.2. The van der Waals surface area contributed by atoms with Gasteiger partial charge in [0.2, 0.25) is 6.29 Å². The molecular formula is C34H48O2S. The predicted octanol–water partition coefficient (Wildman–Crippen LogP) is 9.90. The summed E-state index contributed by atoms with van der Waals surface area (Å²) in [7, 11) is 0. The molecule has 5 atom stereocenters. The van der Waals surface area contributed by atoms with Crippen molar-refractivity contribution >= 4 is 11.8 Å². The highest BCUT2D eigenvalue weighted by molar-refractivity contribution is 7.98. The van der Waals surface area contributed by atoms with Crippen LogP contribution in [-0.4, -0.2) is 18.6 Å². The Labute approximate surface area is 230 Å². The van der Waals surface area contributed by atoms with Gasteiger partial charge >= 0.3 is 0 Å². The van der Waals surface area contributed by atoms with Crippen molar-refractivity contribution in [2.24, 2.45) is 11.8 Å². The molecule has 0 heterocycles. The van der Waals surface area contributed by atoms with Gasteiger partial charge in [-0.05, 0) is 97.9 Å². The van der Waals surface area contributed by atoms with E-state index in [0.717, 1.165) is 36.8 Å². The van der Waals surface area contributed by atoms with E-state index in [9.17, 15) is 0 Å². The summed E-state index contributed by atoms with van der Waals surface area (Å²) in [5, 5.41) is 0. The number of benzene rings is 2. The smallest absolute Gasteiger partial charge is 0.209 e. The van der Waals surface area contributed by atoms with Gasteiger partial charge in [0.05, 0.1) is 11.5 Å². The zero-order valence-electron chi connectivity index (χ0n) is 23.4. The monoisotopic (exact) mass is 520 g/mol. The average molecular weight is 521 g/mol. The van der Waals surface area contributed by atoms with Crippen molar-refractivity contribution in [3.63, 3.8) is 0 Å². The van der Waals surface area contributed by atoms with Gasteiger partial charge in [-0.25, -0.2) is 0 Å². The third-order valence-corrected chi connectivity index (χ3v) is 10.7. The van der Waals surface area contributed by atoms with Crippen LogP contribution in [0.1, 0.15) is 114 Å². The Morgan fingerprint density at radius 2 is 1.54 bits per heavy atom. The first kappa shape index (κ1) is 27.1. The first-order chi connectivity index (χ1) is 18.1. The first-order valence-electron chi connectivity index (χ1n) is 15.2. The molecule has 0 saturated heterocycles. The van der Waals surface area contributed by atoms with Crippen molar-refractivity contribution in [3.8, 4) is 5.75 Å². The zero-order valence-corrected chi connectivity index (χ0v) is 24.2. The van der Waals surface area contributed by atoms with Crippen LogP contribution in [-0.2, 0) is 10.2 Å². The molecule has 3 fully saturated rings. The lowest BCUT2D eigenvalue weighted by atomic mass is 9.68. The molecule has 5 rings (SSSR count). The molecule has 37 heavy (non-hydrogen) atoms. The Morgan fingerprint density at radius 3 is 2.22 bits per heavy atom. The molecule has 3 saturated carbocycles. The molecule has 0 spiro atoms. The standard InChI is InChI=1S/C34H48O2S/c1-4-25(2)26-12-17-30(18-13-26)35-33(36-31-19-14-27-10-6-7-11-28(27)24-31)34(22-8-5-9-23-34)29-15-20-32(37-3)21-16-29/h12-13,15-18,20-21,25,27-28,31,33H,4-11,14,19,22-24H2,1-3H3. The van der Waals surface area contributed by atoms with E-state index in [-0.39, 0.29) is 11.7 Å². The van der Waals surface area contributed by atoms with Crippen LogP contribution in [0, 0.1) is 11.8 Å². The number of rotatable bonds is 9. The van der Waals surface area contributed by atoms with Crippen LogP contribution in [0.15, 0.2) is 53.4 Å². The summed E-state index contributed by atoms with van der Waals surface area (Å²) in [6.07, 6.45) is 18.9. The van der Waals surface area contributed by atoms with Gasteiger partial charge in [-0.2, -0.15) is 0 Å². The lowest BCUT2D eigenvalue weighted by molar-refractivity contribution is -0.182.